The highest BCUT2D eigenvalue weighted by atomic mass is 79.9. The van der Waals surface area contributed by atoms with E-state index < -0.39 is 5.54 Å². The zero-order valence-electron chi connectivity index (χ0n) is 9.59. The Balaban J connectivity index is 2.83. The topological polar surface area (TPSA) is 55.1 Å². The van der Waals surface area contributed by atoms with Gasteiger partial charge >= 0.3 is 0 Å². The second kappa shape index (κ2) is 5.46. The van der Waals surface area contributed by atoms with Gasteiger partial charge in [0.05, 0.1) is 11.2 Å². The predicted molar refractivity (Wildman–Crippen MR) is 70.3 cm³/mol. The van der Waals surface area contributed by atoms with Crippen molar-refractivity contribution in [1.82, 2.24) is 0 Å². The number of anilines is 1. The van der Waals surface area contributed by atoms with Crippen molar-refractivity contribution in [2.24, 2.45) is 5.73 Å². The lowest BCUT2D eigenvalue weighted by Crippen LogP contribution is -2.50. The van der Waals surface area contributed by atoms with Crippen LogP contribution in [-0.2, 0) is 4.79 Å². The van der Waals surface area contributed by atoms with Crippen molar-refractivity contribution in [3.8, 4) is 0 Å². The Labute approximate surface area is 105 Å². The van der Waals surface area contributed by atoms with Gasteiger partial charge in [-0.3, -0.25) is 4.79 Å². The van der Waals surface area contributed by atoms with Gasteiger partial charge in [-0.2, -0.15) is 0 Å². The van der Waals surface area contributed by atoms with Crippen LogP contribution in [-0.4, -0.2) is 11.4 Å². The van der Waals surface area contributed by atoms with Gasteiger partial charge in [0.2, 0.25) is 5.91 Å². The number of carbonyl (C=O) groups is 1. The Hall–Kier alpha value is -0.870. The minimum absolute atomic E-state index is 0.135. The Morgan fingerprint density at radius 3 is 2.44 bits per heavy atom. The van der Waals surface area contributed by atoms with Gasteiger partial charge in [0.15, 0.2) is 0 Å². The molecule has 3 nitrogen and oxygen atoms in total. The van der Waals surface area contributed by atoms with Crippen LogP contribution in [0.2, 0.25) is 0 Å². The average Bonchev–Trinajstić information content (AvgIpc) is 2.31. The van der Waals surface area contributed by atoms with E-state index in [1.165, 1.54) is 0 Å². The molecule has 0 saturated heterocycles. The molecule has 0 heterocycles. The van der Waals surface area contributed by atoms with Crippen molar-refractivity contribution in [3.63, 3.8) is 0 Å². The van der Waals surface area contributed by atoms with Crippen molar-refractivity contribution in [3.05, 3.63) is 28.7 Å². The third kappa shape index (κ3) is 2.83. The number of carbonyl (C=O) groups excluding carboxylic acids is 1. The fourth-order valence-electron chi connectivity index (χ4n) is 1.38. The van der Waals surface area contributed by atoms with E-state index in [0.29, 0.717) is 12.8 Å². The monoisotopic (exact) mass is 284 g/mol. The molecule has 0 unspecified atom stereocenters. The molecule has 0 atom stereocenters. The minimum Gasteiger partial charge on any atom is -0.323 e. The molecule has 0 spiro atoms. The third-order valence-electron chi connectivity index (χ3n) is 2.84. The van der Waals surface area contributed by atoms with Crippen LogP contribution in [0.1, 0.15) is 26.7 Å². The van der Waals surface area contributed by atoms with Crippen molar-refractivity contribution in [2.45, 2.75) is 32.2 Å². The Kier molecular flexibility index (Phi) is 4.50. The summed E-state index contributed by atoms with van der Waals surface area (Å²) in [6, 6.07) is 7.49. The highest BCUT2D eigenvalue weighted by Gasteiger charge is 2.30. The van der Waals surface area contributed by atoms with E-state index in [9.17, 15) is 4.79 Å². The molecule has 0 aliphatic rings. The van der Waals surface area contributed by atoms with Crippen LogP contribution in [0.5, 0.6) is 0 Å². The quantitative estimate of drug-likeness (QED) is 0.893. The molecule has 88 valence electrons. The van der Waals surface area contributed by atoms with Gasteiger partial charge in [-0.1, -0.05) is 26.0 Å². The van der Waals surface area contributed by atoms with Gasteiger partial charge in [0.25, 0.3) is 0 Å². The van der Waals surface area contributed by atoms with Crippen molar-refractivity contribution in [1.29, 1.82) is 0 Å². The van der Waals surface area contributed by atoms with Crippen LogP contribution < -0.4 is 11.1 Å². The van der Waals surface area contributed by atoms with Crippen LogP contribution in [0.15, 0.2) is 28.7 Å². The van der Waals surface area contributed by atoms with Gasteiger partial charge in [0, 0.05) is 4.47 Å². The highest BCUT2D eigenvalue weighted by molar-refractivity contribution is 9.10. The maximum absolute atomic E-state index is 12.0. The number of benzene rings is 1. The fraction of sp³-hybridized carbons (Fsp3) is 0.417. The normalized spacial score (nSPS) is 11.2. The summed E-state index contributed by atoms with van der Waals surface area (Å²) >= 11 is 3.38. The van der Waals surface area contributed by atoms with Gasteiger partial charge in [0.1, 0.15) is 0 Å². The molecule has 1 rings (SSSR count). The molecule has 0 aliphatic heterocycles. The number of nitrogens with two attached hydrogens (primary N) is 1. The second-order valence-corrected chi connectivity index (χ2v) is 4.65. The lowest BCUT2D eigenvalue weighted by Gasteiger charge is -2.25. The summed E-state index contributed by atoms with van der Waals surface area (Å²) < 4.78 is 0.859. The SMILES string of the molecule is CCC(N)(CC)C(=O)Nc1ccccc1Br. The predicted octanol–water partition coefficient (Wildman–Crippen LogP) is 2.91. The summed E-state index contributed by atoms with van der Waals surface area (Å²) in [5.74, 6) is -0.135. The first-order valence-electron chi connectivity index (χ1n) is 5.38. The molecule has 0 fully saturated rings. The van der Waals surface area contributed by atoms with Crippen LogP contribution in [0.3, 0.4) is 0 Å². The van der Waals surface area contributed by atoms with Gasteiger partial charge < -0.3 is 11.1 Å². The van der Waals surface area contributed by atoms with Crippen LogP contribution in [0, 0.1) is 0 Å². The van der Waals surface area contributed by atoms with E-state index in [0.717, 1.165) is 10.2 Å². The number of nitrogens with one attached hydrogen (secondary N) is 1. The smallest absolute Gasteiger partial charge is 0.244 e. The summed E-state index contributed by atoms with van der Waals surface area (Å²) in [5.41, 5.74) is 5.98. The molecular weight excluding hydrogens is 268 g/mol. The maximum Gasteiger partial charge on any atom is 0.244 e. The summed E-state index contributed by atoms with van der Waals surface area (Å²) in [4.78, 5) is 12.0. The molecule has 4 heteroatoms. The number of rotatable bonds is 4. The van der Waals surface area contributed by atoms with E-state index >= 15 is 0 Å². The average molecular weight is 285 g/mol. The number of hydrogen-bond acceptors (Lipinski definition) is 2. The number of para-hydroxylation sites is 1. The Morgan fingerprint density at radius 2 is 1.94 bits per heavy atom. The van der Waals surface area contributed by atoms with Crippen molar-refractivity contribution < 1.29 is 4.79 Å². The van der Waals surface area contributed by atoms with Crippen LogP contribution >= 0.6 is 15.9 Å². The first-order valence-corrected chi connectivity index (χ1v) is 6.17. The van der Waals surface area contributed by atoms with Gasteiger partial charge in [-0.15, -0.1) is 0 Å². The summed E-state index contributed by atoms with van der Waals surface area (Å²) in [7, 11) is 0. The molecule has 1 aromatic carbocycles. The number of amides is 1. The van der Waals surface area contributed by atoms with E-state index in [4.69, 9.17) is 5.73 Å². The zero-order chi connectivity index (χ0) is 12.2. The van der Waals surface area contributed by atoms with E-state index in [-0.39, 0.29) is 5.91 Å². The first-order chi connectivity index (χ1) is 7.53. The summed E-state index contributed by atoms with van der Waals surface area (Å²) in [6.07, 6.45) is 1.25. The van der Waals surface area contributed by atoms with Gasteiger partial charge in [-0.05, 0) is 40.9 Å². The molecule has 1 amide bonds. The summed E-state index contributed by atoms with van der Waals surface area (Å²) in [5, 5.41) is 2.84. The van der Waals surface area contributed by atoms with E-state index in [2.05, 4.69) is 21.2 Å². The lowest BCUT2D eigenvalue weighted by atomic mass is 9.93. The van der Waals surface area contributed by atoms with Crippen molar-refractivity contribution in [2.75, 3.05) is 5.32 Å². The molecule has 0 radical (unpaired) electrons. The number of hydrogen-bond donors (Lipinski definition) is 2. The van der Waals surface area contributed by atoms with Crippen LogP contribution in [0.4, 0.5) is 5.69 Å². The maximum atomic E-state index is 12.0. The highest BCUT2D eigenvalue weighted by Crippen LogP contribution is 2.23. The summed E-state index contributed by atoms with van der Waals surface area (Å²) in [6.45, 7) is 3.84. The largest absolute Gasteiger partial charge is 0.323 e. The standard InChI is InChI=1S/C12H17BrN2O/c1-3-12(14,4-2)11(16)15-10-8-6-5-7-9(10)13/h5-8H,3-4,14H2,1-2H3,(H,15,16). The van der Waals surface area contributed by atoms with Gasteiger partial charge in [-0.25, -0.2) is 0 Å². The Bertz CT molecular complexity index is 375. The molecule has 0 aliphatic carbocycles. The third-order valence-corrected chi connectivity index (χ3v) is 3.53. The van der Waals surface area contributed by atoms with E-state index in [1.807, 2.05) is 38.1 Å². The molecule has 16 heavy (non-hydrogen) atoms. The zero-order valence-corrected chi connectivity index (χ0v) is 11.2. The molecule has 0 aromatic heterocycles. The molecular formula is C12H17BrN2O. The molecule has 0 saturated carbocycles. The number of halogens is 1. The van der Waals surface area contributed by atoms with Crippen molar-refractivity contribution >= 4 is 27.5 Å². The van der Waals surface area contributed by atoms with E-state index in [1.54, 1.807) is 0 Å². The molecule has 3 N–H and O–H groups in total. The lowest BCUT2D eigenvalue weighted by molar-refractivity contribution is -0.121. The fourth-order valence-corrected chi connectivity index (χ4v) is 1.76. The minimum atomic E-state index is -0.782. The first kappa shape index (κ1) is 13.2. The molecule has 1 aromatic rings. The molecule has 0 bridgehead atoms. The second-order valence-electron chi connectivity index (χ2n) is 3.80. The van der Waals surface area contributed by atoms with Crippen LogP contribution in [0.25, 0.3) is 0 Å². The Morgan fingerprint density at radius 1 is 1.38 bits per heavy atom.